The number of rotatable bonds is 7. The lowest BCUT2D eigenvalue weighted by molar-refractivity contribution is -0.139. The fourth-order valence-corrected chi connectivity index (χ4v) is 4.32. The number of sulfonamides is 1. The molecule has 1 aliphatic heterocycles. The van der Waals surface area contributed by atoms with Gasteiger partial charge < -0.3 is 20.1 Å². The first-order chi connectivity index (χ1) is 13.2. The van der Waals surface area contributed by atoms with Crippen molar-refractivity contribution in [1.82, 2.24) is 14.9 Å². The summed E-state index contributed by atoms with van der Waals surface area (Å²) in [6.45, 7) is 6.20. The van der Waals surface area contributed by atoms with Gasteiger partial charge in [0.1, 0.15) is 12.0 Å². The maximum Gasteiger partial charge on any atom is 0.309 e. The highest BCUT2D eigenvalue weighted by Gasteiger charge is 2.37. The van der Waals surface area contributed by atoms with Crippen molar-refractivity contribution < 1.29 is 27.5 Å². The van der Waals surface area contributed by atoms with E-state index in [0.717, 1.165) is 0 Å². The third-order valence-electron chi connectivity index (χ3n) is 4.23. The normalized spacial score (nSPS) is 17.5. The van der Waals surface area contributed by atoms with E-state index in [1.807, 2.05) is 13.8 Å². The third-order valence-corrected chi connectivity index (χ3v) is 6.12. The Morgan fingerprint density at radius 1 is 1.29 bits per heavy atom. The average molecular weight is 413 g/mol. The molecule has 0 aliphatic carbocycles. The summed E-state index contributed by atoms with van der Waals surface area (Å²) < 4.78 is 37.7. The number of hydrogen-bond donors (Lipinski definition) is 2. The number of nitrogens with zero attached hydrogens (tertiary/aromatic N) is 1. The van der Waals surface area contributed by atoms with Gasteiger partial charge in [-0.05, 0) is 36.6 Å². The predicted molar refractivity (Wildman–Crippen MR) is 102 cm³/mol. The van der Waals surface area contributed by atoms with Crippen molar-refractivity contribution in [2.24, 2.45) is 5.92 Å². The Bertz CT molecular complexity index is 825. The van der Waals surface area contributed by atoms with Gasteiger partial charge in [0, 0.05) is 13.1 Å². The first kappa shape index (κ1) is 22.1. The van der Waals surface area contributed by atoms with Gasteiger partial charge >= 0.3 is 11.8 Å². The zero-order valence-electron chi connectivity index (χ0n) is 16.5. The molecule has 28 heavy (non-hydrogen) atoms. The highest BCUT2D eigenvalue weighted by molar-refractivity contribution is 7.89. The topological polar surface area (TPSA) is 114 Å². The van der Waals surface area contributed by atoms with Gasteiger partial charge in [0.2, 0.25) is 10.0 Å². The van der Waals surface area contributed by atoms with Gasteiger partial charge in [-0.3, -0.25) is 9.59 Å². The molecule has 9 nitrogen and oxygen atoms in total. The van der Waals surface area contributed by atoms with Gasteiger partial charge in [-0.15, -0.1) is 0 Å². The lowest BCUT2D eigenvalue weighted by atomic mass is 10.2. The third kappa shape index (κ3) is 5.21. The SMILES string of the molecule is COc1ccc(S(=O)(=O)N2CCO[C@@H]2CNC(=O)C(=O)NCC(C)C)cc1C. The quantitative estimate of drug-likeness (QED) is 0.619. The van der Waals surface area contributed by atoms with Crippen LogP contribution in [-0.2, 0) is 24.3 Å². The van der Waals surface area contributed by atoms with Crippen LogP contribution in [0.15, 0.2) is 23.1 Å². The number of hydrogen-bond acceptors (Lipinski definition) is 6. The molecule has 2 N–H and O–H groups in total. The number of aryl methyl sites for hydroxylation is 1. The molecule has 1 atom stereocenters. The summed E-state index contributed by atoms with van der Waals surface area (Å²) in [6.07, 6.45) is -0.880. The van der Waals surface area contributed by atoms with Crippen LogP contribution in [0.25, 0.3) is 0 Å². The molecule has 1 fully saturated rings. The van der Waals surface area contributed by atoms with Gasteiger partial charge in [-0.1, -0.05) is 13.8 Å². The van der Waals surface area contributed by atoms with Crippen LogP contribution in [0.1, 0.15) is 19.4 Å². The van der Waals surface area contributed by atoms with E-state index in [9.17, 15) is 18.0 Å². The molecule has 0 aromatic heterocycles. The number of methoxy groups -OCH3 is 1. The second-order valence-corrected chi connectivity index (χ2v) is 8.78. The van der Waals surface area contributed by atoms with E-state index in [4.69, 9.17) is 9.47 Å². The van der Waals surface area contributed by atoms with Crippen molar-refractivity contribution in [2.75, 3.05) is 33.4 Å². The Labute approximate surface area is 165 Å². The smallest absolute Gasteiger partial charge is 0.309 e. The van der Waals surface area contributed by atoms with Crippen LogP contribution >= 0.6 is 0 Å². The summed E-state index contributed by atoms with van der Waals surface area (Å²) in [5.41, 5.74) is 0.690. The zero-order chi connectivity index (χ0) is 20.9. The van der Waals surface area contributed by atoms with E-state index in [-0.39, 0.29) is 30.5 Å². The molecule has 0 unspecified atom stereocenters. The lowest BCUT2D eigenvalue weighted by Crippen LogP contribution is -2.47. The molecule has 10 heteroatoms. The van der Waals surface area contributed by atoms with Crippen molar-refractivity contribution >= 4 is 21.8 Å². The zero-order valence-corrected chi connectivity index (χ0v) is 17.3. The van der Waals surface area contributed by atoms with Crippen molar-refractivity contribution in [3.63, 3.8) is 0 Å². The van der Waals surface area contributed by atoms with Gasteiger partial charge in [0.05, 0.1) is 25.2 Å². The first-order valence-electron chi connectivity index (χ1n) is 9.01. The second-order valence-electron chi connectivity index (χ2n) is 6.89. The lowest BCUT2D eigenvalue weighted by Gasteiger charge is -2.23. The van der Waals surface area contributed by atoms with Gasteiger partial charge in [-0.2, -0.15) is 4.31 Å². The summed E-state index contributed by atoms with van der Waals surface area (Å²) in [5.74, 6) is -0.781. The van der Waals surface area contributed by atoms with Crippen LogP contribution < -0.4 is 15.4 Å². The van der Waals surface area contributed by atoms with E-state index < -0.39 is 28.1 Å². The van der Waals surface area contributed by atoms with Crippen LogP contribution in [0.2, 0.25) is 0 Å². The molecule has 1 heterocycles. The van der Waals surface area contributed by atoms with E-state index in [1.54, 1.807) is 13.0 Å². The van der Waals surface area contributed by atoms with E-state index >= 15 is 0 Å². The number of amides is 2. The Hall–Kier alpha value is -2.17. The molecule has 0 radical (unpaired) electrons. The second kappa shape index (κ2) is 9.35. The van der Waals surface area contributed by atoms with Crippen LogP contribution in [0, 0.1) is 12.8 Å². The summed E-state index contributed by atoms with van der Waals surface area (Å²) >= 11 is 0. The van der Waals surface area contributed by atoms with Crippen molar-refractivity contribution in [3.8, 4) is 5.75 Å². The summed E-state index contributed by atoms with van der Waals surface area (Å²) in [4.78, 5) is 23.7. The molecule has 0 spiro atoms. The van der Waals surface area contributed by atoms with Crippen LogP contribution in [0.5, 0.6) is 5.75 Å². The van der Waals surface area contributed by atoms with Crippen LogP contribution in [0.4, 0.5) is 0 Å². The van der Waals surface area contributed by atoms with Crippen LogP contribution in [-0.4, -0.2) is 64.1 Å². The van der Waals surface area contributed by atoms with Crippen molar-refractivity contribution in [3.05, 3.63) is 23.8 Å². The predicted octanol–water partition coefficient (Wildman–Crippen LogP) is 0.239. The minimum Gasteiger partial charge on any atom is -0.496 e. The van der Waals surface area contributed by atoms with Gasteiger partial charge in [-0.25, -0.2) is 8.42 Å². The highest BCUT2D eigenvalue weighted by atomic mass is 32.2. The maximum atomic E-state index is 13.0. The van der Waals surface area contributed by atoms with E-state index in [2.05, 4.69) is 10.6 Å². The molecule has 2 rings (SSSR count). The Kier molecular flexibility index (Phi) is 7.39. The first-order valence-corrected chi connectivity index (χ1v) is 10.4. The molecule has 1 saturated heterocycles. The molecule has 2 amide bonds. The average Bonchev–Trinajstić information content (AvgIpc) is 3.13. The Morgan fingerprint density at radius 2 is 1.96 bits per heavy atom. The molecule has 0 bridgehead atoms. The monoisotopic (exact) mass is 413 g/mol. The van der Waals surface area contributed by atoms with Crippen molar-refractivity contribution in [1.29, 1.82) is 0 Å². The standard InChI is InChI=1S/C18H27N3O6S/c1-12(2)10-19-17(22)18(23)20-11-16-21(7-8-27-16)28(24,25)14-5-6-15(26-4)13(3)9-14/h5-6,9,12,16H,7-8,10-11H2,1-4H3,(H,19,22)(H,20,23)/t16-/m1/s1. The molecule has 1 aromatic rings. The molecule has 1 aliphatic rings. The van der Waals surface area contributed by atoms with Crippen LogP contribution in [0.3, 0.4) is 0 Å². The summed E-state index contributed by atoms with van der Waals surface area (Å²) in [6, 6.07) is 4.59. The highest BCUT2D eigenvalue weighted by Crippen LogP contribution is 2.26. The molecule has 156 valence electrons. The number of nitrogens with one attached hydrogen (secondary N) is 2. The van der Waals surface area contributed by atoms with Gasteiger partial charge in [0.25, 0.3) is 0 Å². The van der Waals surface area contributed by atoms with Crippen molar-refractivity contribution in [2.45, 2.75) is 31.9 Å². The largest absolute Gasteiger partial charge is 0.496 e. The summed E-state index contributed by atoms with van der Waals surface area (Å²) in [7, 11) is -2.31. The van der Waals surface area contributed by atoms with Gasteiger partial charge in [0.15, 0.2) is 0 Å². The minimum absolute atomic E-state index is 0.113. The Morgan fingerprint density at radius 3 is 2.57 bits per heavy atom. The number of ether oxygens (including phenoxy) is 2. The minimum atomic E-state index is -3.82. The fraction of sp³-hybridized carbons (Fsp3) is 0.556. The molecule has 0 saturated carbocycles. The number of carbonyl (C=O) groups is 2. The summed E-state index contributed by atoms with van der Waals surface area (Å²) in [5, 5.41) is 4.94. The molecular weight excluding hydrogens is 386 g/mol. The number of benzene rings is 1. The Balaban J connectivity index is 2.04. The number of carbonyl (C=O) groups excluding carboxylic acids is 2. The fourth-order valence-electron chi connectivity index (χ4n) is 2.73. The molecule has 1 aromatic carbocycles. The maximum absolute atomic E-state index is 13.0. The van der Waals surface area contributed by atoms with E-state index in [1.165, 1.54) is 23.5 Å². The van der Waals surface area contributed by atoms with E-state index in [0.29, 0.717) is 17.9 Å². The molecular formula is C18H27N3O6S.